The van der Waals surface area contributed by atoms with Gasteiger partial charge >= 0.3 is 0 Å². The van der Waals surface area contributed by atoms with Gasteiger partial charge < -0.3 is 4.42 Å². The minimum atomic E-state index is 0.183. The maximum atomic E-state index is 7.13. The number of fused-ring (bicyclic) bond motifs is 1. The summed E-state index contributed by atoms with van der Waals surface area (Å²) in [5.74, 6) is 0. The minimum Gasteiger partial charge on any atom is -0.463 e. The molecule has 0 amide bonds. The van der Waals surface area contributed by atoms with Crippen LogP contribution in [0.5, 0.6) is 0 Å². The number of pyridine rings is 1. The molecule has 2 heteroatoms. The molecule has 0 saturated carbocycles. The molecule has 2 nitrogen and oxygen atoms in total. The lowest BCUT2D eigenvalue weighted by Crippen LogP contribution is -1.65. The third-order valence-electron chi connectivity index (χ3n) is 1.20. The Labute approximate surface area is 53.5 Å². The van der Waals surface area contributed by atoms with Gasteiger partial charge in [-0.1, -0.05) is 0 Å². The van der Waals surface area contributed by atoms with Crippen molar-refractivity contribution in [1.82, 2.24) is 4.98 Å². The van der Waals surface area contributed by atoms with Crippen LogP contribution in [0.3, 0.4) is 0 Å². The van der Waals surface area contributed by atoms with Crippen LogP contribution in [0, 0.1) is 0 Å². The summed E-state index contributed by atoms with van der Waals surface area (Å²) in [5, 5.41) is 0.931. The molecule has 0 spiro atoms. The van der Waals surface area contributed by atoms with Gasteiger partial charge in [0.15, 0.2) is 5.58 Å². The first-order chi connectivity index (χ1) is 4.86. The van der Waals surface area contributed by atoms with Crippen molar-refractivity contribution < 1.29 is 5.79 Å². The highest BCUT2D eigenvalue weighted by Gasteiger charge is 1.90. The molecule has 0 saturated heterocycles. The first kappa shape index (κ1) is 3.67. The second-order valence-electron chi connectivity index (χ2n) is 1.78. The van der Waals surface area contributed by atoms with Crippen LogP contribution in [0.25, 0.3) is 11.0 Å². The third kappa shape index (κ3) is 0.598. The monoisotopic (exact) mass is 120 g/mol. The van der Waals surface area contributed by atoms with E-state index < -0.39 is 0 Å². The Balaban J connectivity index is 2.88. The van der Waals surface area contributed by atoms with Crippen LogP contribution in [0.1, 0.15) is 1.37 Å². The normalized spacial score (nSPS) is 11.8. The second kappa shape index (κ2) is 1.58. The van der Waals surface area contributed by atoms with Gasteiger partial charge in [0, 0.05) is 11.6 Å². The van der Waals surface area contributed by atoms with Crippen LogP contribution in [0.15, 0.2) is 35.2 Å². The summed E-state index contributed by atoms with van der Waals surface area (Å²) in [4.78, 5) is 3.85. The number of hydrogen-bond donors (Lipinski definition) is 0. The second-order valence-corrected chi connectivity index (χ2v) is 1.78. The molecule has 0 aliphatic heterocycles. The summed E-state index contributed by atoms with van der Waals surface area (Å²) in [7, 11) is 0. The van der Waals surface area contributed by atoms with E-state index in [2.05, 4.69) is 4.98 Å². The van der Waals surface area contributed by atoms with E-state index in [-0.39, 0.29) is 6.24 Å². The van der Waals surface area contributed by atoms with Crippen LogP contribution < -0.4 is 0 Å². The van der Waals surface area contributed by atoms with E-state index in [1.165, 1.54) is 0 Å². The van der Waals surface area contributed by atoms with Gasteiger partial charge in [0.05, 0.1) is 12.4 Å². The van der Waals surface area contributed by atoms with Gasteiger partial charge in [0.1, 0.15) is 1.37 Å². The van der Waals surface area contributed by atoms with Crippen molar-refractivity contribution >= 4 is 11.0 Å². The van der Waals surface area contributed by atoms with E-state index >= 15 is 0 Å². The number of furan rings is 1. The lowest BCUT2D eigenvalue weighted by atomic mass is 10.3. The average molecular weight is 120 g/mol. The molecule has 2 rings (SSSR count). The number of rotatable bonds is 0. The predicted octanol–water partition coefficient (Wildman–Crippen LogP) is 1.83. The van der Waals surface area contributed by atoms with Gasteiger partial charge in [-0.15, -0.1) is 0 Å². The molecule has 0 bridgehead atoms. The van der Waals surface area contributed by atoms with Crippen LogP contribution in [-0.2, 0) is 0 Å². The summed E-state index contributed by atoms with van der Waals surface area (Å²) in [6, 6.07) is 3.48. The third-order valence-corrected chi connectivity index (χ3v) is 1.20. The Bertz CT molecular complexity index is 322. The molecule has 9 heavy (non-hydrogen) atoms. The van der Waals surface area contributed by atoms with Crippen molar-refractivity contribution in [3.63, 3.8) is 0 Å². The highest BCUT2D eigenvalue weighted by Crippen LogP contribution is 2.11. The SMILES string of the molecule is [2H]c1cc2ccncc2o1. The zero-order valence-corrected chi connectivity index (χ0v) is 4.66. The van der Waals surface area contributed by atoms with Gasteiger partial charge in [-0.25, -0.2) is 0 Å². The van der Waals surface area contributed by atoms with Gasteiger partial charge in [-0.05, 0) is 12.1 Å². The van der Waals surface area contributed by atoms with E-state index in [1.807, 2.05) is 6.07 Å². The molecule has 0 radical (unpaired) electrons. The molecule has 2 aromatic heterocycles. The van der Waals surface area contributed by atoms with Crippen molar-refractivity contribution in [3.05, 3.63) is 30.8 Å². The Morgan fingerprint density at radius 3 is 3.44 bits per heavy atom. The molecule has 2 aromatic rings. The average Bonchev–Trinajstić information content (AvgIpc) is 2.27. The topological polar surface area (TPSA) is 26.0 Å². The lowest BCUT2D eigenvalue weighted by molar-refractivity contribution is 0.614. The fraction of sp³-hybridized carbons (Fsp3) is 0. The van der Waals surface area contributed by atoms with E-state index in [0.717, 1.165) is 5.39 Å². The summed E-state index contributed by atoms with van der Waals surface area (Å²) in [6.45, 7) is 0. The van der Waals surface area contributed by atoms with Gasteiger partial charge in [-0.3, -0.25) is 4.98 Å². The molecule has 0 aliphatic carbocycles. The number of hydrogen-bond acceptors (Lipinski definition) is 2. The molecule has 0 aliphatic rings. The van der Waals surface area contributed by atoms with Crippen molar-refractivity contribution in [1.29, 1.82) is 0 Å². The van der Waals surface area contributed by atoms with Crippen LogP contribution in [-0.4, -0.2) is 4.98 Å². The van der Waals surface area contributed by atoms with Crippen LogP contribution in [0.2, 0.25) is 0 Å². The van der Waals surface area contributed by atoms with Crippen molar-refractivity contribution in [2.75, 3.05) is 0 Å². The molecule has 0 N–H and O–H groups in total. The molecular formula is C7H5NO. The number of nitrogens with zero attached hydrogens (tertiary/aromatic N) is 1. The standard InChI is InChI=1S/C7H5NO/c1-3-8-5-7-6(1)2-4-9-7/h1-5H/i4D. The first-order valence-electron chi connectivity index (χ1n) is 3.16. The molecule has 44 valence electrons. The molecular weight excluding hydrogens is 114 g/mol. The summed E-state index contributed by atoms with van der Waals surface area (Å²) >= 11 is 0. The fourth-order valence-corrected chi connectivity index (χ4v) is 0.752. The summed E-state index contributed by atoms with van der Waals surface area (Å²) < 4.78 is 12.1. The first-order valence-corrected chi connectivity index (χ1v) is 2.66. The quantitative estimate of drug-likeness (QED) is 0.530. The van der Waals surface area contributed by atoms with Crippen LogP contribution in [0.4, 0.5) is 0 Å². The Hall–Kier alpha value is -1.31. The number of aromatic nitrogens is 1. The summed E-state index contributed by atoms with van der Waals surface area (Å²) in [6.07, 6.45) is 3.47. The molecule has 0 atom stereocenters. The smallest absolute Gasteiger partial charge is 0.152 e. The van der Waals surface area contributed by atoms with Crippen LogP contribution >= 0.6 is 0 Å². The fourth-order valence-electron chi connectivity index (χ4n) is 0.752. The molecule has 0 fully saturated rings. The van der Waals surface area contributed by atoms with E-state index in [1.54, 1.807) is 18.5 Å². The Morgan fingerprint density at radius 2 is 2.56 bits per heavy atom. The Kier molecular flexibility index (Phi) is 0.646. The van der Waals surface area contributed by atoms with E-state index in [0.29, 0.717) is 5.58 Å². The Morgan fingerprint density at radius 1 is 1.56 bits per heavy atom. The van der Waals surface area contributed by atoms with E-state index in [9.17, 15) is 0 Å². The van der Waals surface area contributed by atoms with Crippen molar-refractivity contribution in [2.45, 2.75) is 0 Å². The largest absolute Gasteiger partial charge is 0.463 e. The zero-order chi connectivity index (χ0) is 6.97. The van der Waals surface area contributed by atoms with E-state index in [4.69, 9.17) is 5.79 Å². The minimum absolute atomic E-state index is 0.183. The van der Waals surface area contributed by atoms with Crippen molar-refractivity contribution in [3.8, 4) is 0 Å². The molecule has 2 heterocycles. The van der Waals surface area contributed by atoms with Gasteiger partial charge in [-0.2, -0.15) is 0 Å². The molecule has 0 aromatic carbocycles. The highest BCUT2D eigenvalue weighted by atomic mass is 16.3. The lowest BCUT2D eigenvalue weighted by Gasteiger charge is -1.80. The van der Waals surface area contributed by atoms with Crippen molar-refractivity contribution in [2.24, 2.45) is 0 Å². The van der Waals surface area contributed by atoms with Gasteiger partial charge in [0.2, 0.25) is 0 Å². The van der Waals surface area contributed by atoms with Gasteiger partial charge in [0.25, 0.3) is 0 Å². The maximum absolute atomic E-state index is 7.13. The summed E-state index contributed by atoms with van der Waals surface area (Å²) in [5.41, 5.74) is 0.674. The predicted molar refractivity (Wildman–Crippen MR) is 34.0 cm³/mol. The molecule has 0 unspecified atom stereocenters. The maximum Gasteiger partial charge on any atom is 0.152 e. The zero-order valence-electron chi connectivity index (χ0n) is 5.66. The highest BCUT2D eigenvalue weighted by molar-refractivity contribution is 5.75.